The minimum atomic E-state index is -3.39. The first-order valence-corrected chi connectivity index (χ1v) is 7.67. The molecule has 0 bridgehead atoms. The lowest BCUT2D eigenvalue weighted by molar-refractivity contribution is 0.283. The molecule has 0 spiro atoms. The van der Waals surface area contributed by atoms with E-state index in [4.69, 9.17) is 0 Å². The highest BCUT2D eigenvalue weighted by molar-refractivity contribution is 7.93. The summed E-state index contributed by atoms with van der Waals surface area (Å²) in [5, 5.41) is 9.26. The van der Waals surface area contributed by atoms with Gasteiger partial charge in [-0.25, -0.2) is 8.42 Å². The van der Waals surface area contributed by atoms with Crippen molar-refractivity contribution in [3.05, 3.63) is 29.8 Å². The molecule has 1 aromatic carbocycles. The third-order valence-electron chi connectivity index (χ3n) is 3.70. The second-order valence-corrected chi connectivity index (χ2v) is 8.46. The van der Waals surface area contributed by atoms with E-state index >= 15 is 0 Å². The number of benzene rings is 1. The van der Waals surface area contributed by atoms with Crippen LogP contribution < -0.4 is 0 Å². The normalized spacial score (nSPS) is 18.7. The summed E-state index contributed by atoms with van der Waals surface area (Å²) >= 11 is 0. The Labute approximate surface area is 109 Å². The summed E-state index contributed by atoms with van der Waals surface area (Å²) in [6.07, 6.45) is 1.12. The Hall–Kier alpha value is -0.870. The fourth-order valence-electron chi connectivity index (χ4n) is 2.04. The molecule has 0 aliphatic heterocycles. The molecule has 1 N–H and O–H groups in total. The van der Waals surface area contributed by atoms with Gasteiger partial charge < -0.3 is 5.11 Å². The van der Waals surface area contributed by atoms with Crippen LogP contribution in [0.15, 0.2) is 29.2 Å². The molecule has 2 rings (SSSR count). The van der Waals surface area contributed by atoms with E-state index in [1.54, 1.807) is 12.1 Å². The number of hydrogen-bond acceptors (Lipinski definition) is 3. The van der Waals surface area contributed by atoms with Crippen molar-refractivity contribution >= 4 is 9.84 Å². The van der Waals surface area contributed by atoms with Gasteiger partial charge >= 0.3 is 0 Å². The predicted molar refractivity (Wildman–Crippen MR) is 71.4 cm³/mol. The standard InChI is InChI=1S/C14H20O3S/c1-13(2,3)11-4-6-12(7-5-11)18(16,17)14(10-15)8-9-14/h4-7,15H,8-10H2,1-3H3. The highest BCUT2D eigenvalue weighted by Gasteiger charge is 2.54. The van der Waals surface area contributed by atoms with Gasteiger partial charge in [0.2, 0.25) is 0 Å². The van der Waals surface area contributed by atoms with Gasteiger partial charge in [0.1, 0.15) is 0 Å². The van der Waals surface area contributed by atoms with E-state index in [-0.39, 0.29) is 12.0 Å². The lowest BCUT2D eigenvalue weighted by atomic mass is 9.87. The number of aliphatic hydroxyl groups is 1. The first kappa shape index (κ1) is 13.6. The number of aliphatic hydroxyl groups excluding tert-OH is 1. The Kier molecular flexibility index (Phi) is 3.06. The predicted octanol–water partition coefficient (Wildman–Crippen LogP) is 2.28. The molecule has 0 aromatic heterocycles. The second-order valence-electron chi connectivity index (χ2n) is 6.12. The Morgan fingerprint density at radius 3 is 2.00 bits per heavy atom. The zero-order chi connectivity index (χ0) is 13.6. The number of rotatable bonds is 3. The van der Waals surface area contributed by atoms with Crippen LogP contribution in [0, 0.1) is 0 Å². The molecule has 0 amide bonds. The summed E-state index contributed by atoms with van der Waals surface area (Å²) in [7, 11) is -3.39. The summed E-state index contributed by atoms with van der Waals surface area (Å²) in [4.78, 5) is 0.321. The van der Waals surface area contributed by atoms with Gasteiger partial charge in [-0.2, -0.15) is 0 Å². The first-order valence-electron chi connectivity index (χ1n) is 6.19. The van der Waals surface area contributed by atoms with E-state index in [1.165, 1.54) is 0 Å². The second kappa shape index (κ2) is 4.07. The van der Waals surface area contributed by atoms with Crippen LogP contribution in [-0.2, 0) is 15.3 Å². The Bertz CT molecular complexity index is 531. The molecular formula is C14H20O3S. The fraction of sp³-hybridized carbons (Fsp3) is 0.571. The summed E-state index contributed by atoms with van der Waals surface area (Å²) in [5.41, 5.74) is 1.12. The van der Waals surface area contributed by atoms with Gasteiger partial charge in [-0.05, 0) is 36.0 Å². The molecular weight excluding hydrogens is 248 g/mol. The zero-order valence-electron chi connectivity index (χ0n) is 11.1. The van der Waals surface area contributed by atoms with E-state index in [0.29, 0.717) is 17.7 Å². The van der Waals surface area contributed by atoms with Crippen LogP contribution in [0.4, 0.5) is 0 Å². The van der Waals surface area contributed by atoms with Crippen molar-refractivity contribution in [1.29, 1.82) is 0 Å². The SMILES string of the molecule is CC(C)(C)c1ccc(S(=O)(=O)C2(CO)CC2)cc1. The fourth-order valence-corrected chi connectivity index (χ4v) is 3.84. The molecule has 0 heterocycles. The van der Waals surface area contributed by atoms with Gasteiger partial charge in [0, 0.05) is 0 Å². The van der Waals surface area contributed by atoms with Gasteiger partial charge in [0.05, 0.1) is 16.2 Å². The minimum absolute atomic E-state index is 0.0105. The monoisotopic (exact) mass is 268 g/mol. The van der Waals surface area contributed by atoms with Gasteiger partial charge in [-0.1, -0.05) is 32.9 Å². The molecule has 4 heteroatoms. The van der Waals surface area contributed by atoms with Crippen LogP contribution in [0.3, 0.4) is 0 Å². The maximum Gasteiger partial charge on any atom is 0.186 e. The largest absolute Gasteiger partial charge is 0.395 e. The third-order valence-corrected chi connectivity index (χ3v) is 6.27. The molecule has 18 heavy (non-hydrogen) atoms. The highest BCUT2D eigenvalue weighted by atomic mass is 32.2. The van der Waals surface area contributed by atoms with Crippen LogP contribution in [0.1, 0.15) is 39.2 Å². The average Bonchev–Trinajstić information content (AvgIpc) is 3.09. The van der Waals surface area contributed by atoms with Crippen molar-refractivity contribution in [2.24, 2.45) is 0 Å². The topological polar surface area (TPSA) is 54.4 Å². The summed E-state index contributed by atoms with van der Waals surface area (Å²) in [5.74, 6) is 0. The third kappa shape index (κ3) is 2.08. The molecule has 0 atom stereocenters. The van der Waals surface area contributed by atoms with Gasteiger partial charge in [-0.3, -0.25) is 0 Å². The molecule has 1 fully saturated rings. The zero-order valence-corrected chi connectivity index (χ0v) is 11.9. The van der Waals surface area contributed by atoms with Gasteiger partial charge in [0.15, 0.2) is 9.84 Å². The number of sulfone groups is 1. The summed E-state index contributed by atoms with van der Waals surface area (Å²) in [6.45, 7) is 5.99. The van der Waals surface area contributed by atoms with Crippen molar-refractivity contribution in [3.8, 4) is 0 Å². The molecule has 1 aliphatic carbocycles. The Morgan fingerprint density at radius 1 is 1.17 bits per heavy atom. The smallest absolute Gasteiger partial charge is 0.186 e. The lowest BCUT2D eigenvalue weighted by Crippen LogP contribution is -2.27. The molecule has 0 radical (unpaired) electrons. The summed E-state index contributed by atoms with van der Waals surface area (Å²) < 4.78 is 23.8. The van der Waals surface area contributed by atoms with E-state index in [2.05, 4.69) is 20.8 Å². The van der Waals surface area contributed by atoms with Crippen molar-refractivity contribution < 1.29 is 13.5 Å². The molecule has 0 unspecified atom stereocenters. The molecule has 0 saturated heterocycles. The Morgan fingerprint density at radius 2 is 1.67 bits per heavy atom. The van der Waals surface area contributed by atoms with Gasteiger partial charge in [-0.15, -0.1) is 0 Å². The van der Waals surface area contributed by atoms with E-state index < -0.39 is 14.6 Å². The quantitative estimate of drug-likeness (QED) is 0.915. The Balaban J connectivity index is 2.37. The maximum atomic E-state index is 12.3. The van der Waals surface area contributed by atoms with E-state index in [0.717, 1.165) is 5.56 Å². The molecule has 1 aliphatic rings. The van der Waals surface area contributed by atoms with Crippen LogP contribution in [0.2, 0.25) is 0 Å². The summed E-state index contributed by atoms with van der Waals surface area (Å²) in [6, 6.07) is 7.04. The van der Waals surface area contributed by atoms with Crippen LogP contribution >= 0.6 is 0 Å². The van der Waals surface area contributed by atoms with E-state index in [1.807, 2.05) is 12.1 Å². The molecule has 1 saturated carbocycles. The van der Waals surface area contributed by atoms with E-state index in [9.17, 15) is 13.5 Å². The van der Waals surface area contributed by atoms with Crippen molar-refractivity contribution in [2.45, 2.75) is 48.7 Å². The van der Waals surface area contributed by atoms with Crippen molar-refractivity contribution in [2.75, 3.05) is 6.61 Å². The number of hydrogen-bond donors (Lipinski definition) is 1. The lowest BCUT2D eigenvalue weighted by Gasteiger charge is -2.20. The van der Waals surface area contributed by atoms with Crippen molar-refractivity contribution in [3.63, 3.8) is 0 Å². The molecule has 3 nitrogen and oxygen atoms in total. The molecule has 100 valence electrons. The van der Waals surface area contributed by atoms with Crippen molar-refractivity contribution in [1.82, 2.24) is 0 Å². The van der Waals surface area contributed by atoms with Crippen LogP contribution in [0.25, 0.3) is 0 Å². The maximum absolute atomic E-state index is 12.3. The highest BCUT2D eigenvalue weighted by Crippen LogP contribution is 2.46. The van der Waals surface area contributed by atoms with Crippen LogP contribution in [-0.4, -0.2) is 24.9 Å². The van der Waals surface area contributed by atoms with Gasteiger partial charge in [0.25, 0.3) is 0 Å². The van der Waals surface area contributed by atoms with Crippen LogP contribution in [0.5, 0.6) is 0 Å². The molecule has 1 aromatic rings. The first-order chi connectivity index (χ1) is 8.23. The minimum Gasteiger partial charge on any atom is -0.395 e. The average molecular weight is 268 g/mol.